The fraction of sp³-hybridized carbons (Fsp3) is 0.600. The summed E-state index contributed by atoms with van der Waals surface area (Å²) in [5, 5.41) is 3.55. The van der Waals surface area contributed by atoms with Crippen LogP contribution in [0.4, 0.5) is 0 Å². The summed E-state index contributed by atoms with van der Waals surface area (Å²) in [5.41, 5.74) is 4.63. The lowest BCUT2D eigenvalue weighted by molar-refractivity contribution is 0.620. The van der Waals surface area contributed by atoms with E-state index in [1.807, 2.05) is 0 Å². The van der Waals surface area contributed by atoms with Crippen molar-refractivity contribution in [3.05, 3.63) is 34.9 Å². The van der Waals surface area contributed by atoms with Crippen LogP contribution in [0.5, 0.6) is 0 Å². The van der Waals surface area contributed by atoms with Crippen molar-refractivity contribution < 1.29 is 0 Å². The maximum absolute atomic E-state index is 3.55. The molecular weight excluding hydrogens is 321 g/mol. The number of unbranched alkanes of at least 4 members (excludes halogenated alkanes) is 2. The van der Waals surface area contributed by atoms with Gasteiger partial charge in [0.05, 0.1) is 0 Å². The normalized spacial score (nSPS) is 13.9. The SMILES string of the molecule is ICCCCCNCc1ccc2c(c1)CCC2. The molecule has 1 N–H and O–H groups in total. The van der Waals surface area contributed by atoms with Crippen LogP contribution in [0.25, 0.3) is 0 Å². The highest BCUT2D eigenvalue weighted by Crippen LogP contribution is 2.22. The fourth-order valence-corrected chi connectivity index (χ4v) is 3.03. The van der Waals surface area contributed by atoms with Gasteiger partial charge in [0.1, 0.15) is 0 Å². The third kappa shape index (κ3) is 4.25. The minimum atomic E-state index is 1.04. The number of halogens is 1. The number of aryl methyl sites for hydroxylation is 2. The highest BCUT2D eigenvalue weighted by Gasteiger charge is 2.10. The van der Waals surface area contributed by atoms with Crippen LogP contribution in [0.2, 0.25) is 0 Å². The highest BCUT2D eigenvalue weighted by atomic mass is 127. The van der Waals surface area contributed by atoms with Gasteiger partial charge < -0.3 is 5.32 Å². The minimum Gasteiger partial charge on any atom is -0.313 e. The first-order valence-electron chi connectivity index (χ1n) is 6.77. The molecule has 0 saturated carbocycles. The fourth-order valence-electron chi connectivity index (χ4n) is 2.49. The zero-order valence-electron chi connectivity index (χ0n) is 10.5. The first-order valence-corrected chi connectivity index (χ1v) is 8.30. The van der Waals surface area contributed by atoms with Crippen molar-refractivity contribution in [1.29, 1.82) is 0 Å². The topological polar surface area (TPSA) is 12.0 Å². The maximum Gasteiger partial charge on any atom is 0.0205 e. The van der Waals surface area contributed by atoms with Crippen molar-refractivity contribution >= 4 is 22.6 Å². The lowest BCUT2D eigenvalue weighted by Gasteiger charge is -2.07. The van der Waals surface area contributed by atoms with Crippen molar-refractivity contribution in [3.8, 4) is 0 Å². The zero-order chi connectivity index (χ0) is 11.9. The Morgan fingerprint density at radius 3 is 2.82 bits per heavy atom. The second kappa shape index (κ2) is 7.37. The number of rotatable bonds is 7. The monoisotopic (exact) mass is 343 g/mol. The lowest BCUT2D eigenvalue weighted by Crippen LogP contribution is -2.14. The Hall–Kier alpha value is -0.0900. The number of hydrogen-bond donors (Lipinski definition) is 1. The summed E-state index contributed by atoms with van der Waals surface area (Å²) in [6.07, 6.45) is 7.97. The largest absolute Gasteiger partial charge is 0.313 e. The molecule has 0 aromatic heterocycles. The van der Waals surface area contributed by atoms with E-state index in [2.05, 4.69) is 46.1 Å². The second-order valence-electron chi connectivity index (χ2n) is 4.88. The van der Waals surface area contributed by atoms with E-state index < -0.39 is 0 Å². The molecule has 2 heteroatoms. The quantitative estimate of drug-likeness (QED) is 0.450. The Kier molecular flexibility index (Phi) is 5.78. The summed E-state index contributed by atoms with van der Waals surface area (Å²) in [7, 11) is 0. The molecule has 0 bridgehead atoms. The summed E-state index contributed by atoms with van der Waals surface area (Å²) >= 11 is 2.45. The number of fused-ring (bicyclic) bond motifs is 1. The van der Waals surface area contributed by atoms with Gasteiger partial charge >= 0.3 is 0 Å². The van der Waals surface area contributed by atoms with Crippen LogP contribution in [0.3, 0.4) is 0 Å². The van der Waals surface area contributed by atoms with Gasteiger partial charge in [0.25, 0.3) is 0 Å². The summed E-state index contributed by atoms with van der Waals surface area (Å²) < 4.78 is 1.29. The molecule has 0 atom stereocenters. The standard InChI is InChI=1S/C15H22IN/c16-9-2-1-3-10-17-12-13-7-8-14-5-4-6-15(14)11-13/h7-8,11,17H,1-6,9-10,12H2. The maximum atomic E-state index is 3.55. The van der Waals surface area contributed by atoms with Crippen LogP contribution >= 0.6 is 22.6 Å². The molecule has 94 valence electrons. The van der Waals surface area contributed by atoms with E-state index in [0.29, 0.717) is 0 Å². The molecule has 0 amide bonds. The van der Waals surface area contributed by atoms with Gasteiger partial charge in [0.15, 0.2) is 0 Å². The lowest BCUT2D eigenvalue weighted by atomic mass is 10.1. The average Bonchev–Trinajstić information content (AvgIpc) is 2.81. The van der Waals surface area contributed by atoms with Crippen molar-refractivity contribution in [3.63, 3.8) is 0 Å². The summed E-state index contributed by atoms with van der Waals surface area (Å²) in [6.45, 7) is 2.20. The van der Waals surface area contributed by atoms with Gasteiger partial charge in [-0.3, -0.25) is 0 Å². The van der Waals surface area contributed by atoms with Crippen LogP contribution in [-0.4, -0.2) is 11.0 Å². The van der Waals surface area contributed by atoms with E-state index in [-0.39, 0.29) is 0 Å². The molecule has 1 aromatic carbocycles. The van der Waals surface area contributed by atoms with Crippen molar-refractivity contribution in [2.24, 2.45) is 0 Å². The van der Waals surface area contributed by atoms with E-state index in [1.165, 1.54) is 48.5 Å². The van der Waals surface area contributed by atoms with Crippen molar-refractivity contribution in [2.45, 2.75) is 45.1 Å². The first-order chi connectivity index (χ1) is 8.40. The van der Waals surface area contributed by atoms with Crippen LogP contribution in [0, 0.1) is 0 Å². The number of hydrogen-bond acceptors (Lipinski definition) is 1. The summed E-state index contributed by atoms with van der Waals surface area (Å²) in [4.78, 5) is 0. The van der Waals surface area contributed by atoms with Crippen LogP contribution in [0.1, 0.15) is 42.4 Å². The van der Waals surface area contributed by atoms with Gasteiger partial charge in [-0.25, -0.2) is 0 Å². The third-order valence-electron chi connectivity index (χ3n) is 3.48. The Morgan fingerprint density at radius 2 is 1.94 bits per heavy atom. The van der Waals surface area contributed by atoms with Gasteiger partial charge in [0.2, 0.25) is 0 Å². The number of benzene rings is 1. The van der Waals surface area contributed by atoms with Gasteiger partial charge in [-0.1, -0.05) is 47.2 Å². The molecule has 0 unspecified atom stereocenters. The molecule has 0 heterocycles. The van der Waals surface area contributed by atoms with E-state index in [4.69, 9.17) is 0 Å². The molecule has 0 aliphatic heterocycles. The number of nitrogens with one attached hydrogen (secondary N) is 1. The van der Waals surface area contributed by atoms with Gasteiger partial charge in [-0.2, -0.15) is 0 Å². The van der Waals surface area contributed by atoms with Crippen molar-refractivity contribution in [1.82, 2.24) is 5.32 Å². The Bertz CT molecular complexity index is 349. The minimum absolute atomic E-state index is 1.04. The van der Waals surface area contributed by atoms with Crippen LogP contribution in [-0.2, 0) is 19.4 Å². The molecule has 1 aromatic rings. The molecule has 0 saturated heterocycles. The summed E-state index contributed by atoms with van der Waals surface area (Å²) in [6, 6.07) is 7.03. The van der Waals surface area contributed by atoms with Crippen LogP contribution in [0.15, 0.2) is 18.2 Å². The zero-order valence-corrected chi connectivity index (χ0v) is 12.6. The molecule has 0 radical (unpaired) electrons. The molecular formula is C15H22IN. The molecule has 1 aliphatic rings. The molecule has 0 spiro atoms. The average molecular weight is 343 g/mol. The molecule has 0 fully saturated rings. The van der Waals surface area contributed by atoms with Crippen molar-refractivity contribution in [2.75, 3.05) is 11.0 Å². The third-order valence-corrected chi connectivity index (χ3v) is 4.24. The molecule has 1 aliphatic carbocycles. The smallest absolute Gasteiger partial charge is 0.0205 e. The van der Waals surface area contributed by atoms with Crippen LogP contribution < -0.4 is 5.32 Å². The van der Waals surface area contributed by atoms with Gasteiger partial charge in [-0.05, 0) is 59.8 Å². The Labute approximate surface area is 119 Å². The van der Waals surface area contributed by atoms with Gasteiger partial charge in [0, 0.05) is 6.54 Å². The number of alkyl halides is 1. The Balaban J connectivity index is 1.69. The first kappa shape index (κ1) is 13.3. The molecule has 1 nitrogen and oxygen atoms in total. The molecule has 17 heavy (non-hydrogen) atoms. The predicted octanol–water partition coefficient (Wildman–Crippen LogP) is 3.87. The van der Waals surface area contributed by atoms with E-state index in [9.17, 15) is 0 Å². The van der Waals surface area contributed by atoms with E-state index >= 15 is 0 Å². The summed E-state index contributed by atoms with van der Waals surface area (Å²) in [5.74, 6) is 0. The van der Waals surface area contributed by atoms with E-state index in [1.54, 1.807) is 11.1 Å². The Morgan fingerprint density at radius 1 is 1.06 bits per heavy atom. The predicted molar refractivity (Wildman–Crippen MR) is 82.9 cm³/mol. The highest BCUT2D eigenvalue weighted by molar-refractivity contribution is 14.1. The van der Waals surface area contributed by atoms with E-state index in [0.717, 1.165) is 13.1 Å². The second-order valence-corrected chi connectivity index (χ2v) is 5.96. The molecule has 2 rings (SSSR count). The van der Waals surface area contributed by atoms with Gasteiger partial charge in [-0.15, -0.1) is 0 Å².